The van der Waals surface area contributed by atoms with Gasteiger partial charge in [0.15, 0.2) is 4.96 Å². The van der Waals surface area contributed by atoms with E-state index < -0.39 is 0 Å². The van der Waals surface area contributed by atoms with Gasteiger partial charge < -0.3 is 0 Å². The Bertz CT molecular complexity index is 880. The van der Waals surface area contributed by atoms with Gasteiger partial charge in [-0.2, -0.15) is 11.8 Å². The topological polar surface area (TPSA) is 34.4 Å². The molecule has 22 heavy (non-hydrogen) atoms. The average Bonchev–Trinajstić information content (AvgIpc) is 2.84. The lowest BCUT2D eigenvalue weighted by atomic mass is 10.1. The summed E-state index contributed by atoms with van der Waals surface area (Å²) in [6.07, 6.45) is 0. The molecule has 0 unspecified atom stereocenters. The van der Waals surface area contributed by atoms with Crippen LogP contribution in [0.4, 0.5) is 0 Å². The fraction of sp³-hybridized carbons (Fsp3) is 0.294. The quantitative estimate of drug-likeness (QED) is 0.722. The van der Waals surface area contributed by atoms with Crippen molar-refractivity contribution in [2.24, 2.45) is 0 Å². The van der Waals surface area contributed by atoms with Crippen LogP contribution in [0, 0.1) is 20.8 Å². The Labute approximate surface area is 138 Å². The Kier molecular flexibility index (Phi) is 4.36. The number of hydrogen-bond donors (Lipinski definition) is 0. The van der Waals surface area contributed by atoms with Gasteiger partial charge in [-0.25, -0.2) is 4.98 Å². The SMILES string of the molecule is Cc1ccc(C)c(CSCc2cc(=O)n3c(C)csc3n2)c1. The molecule has 0 bridgehead atoms. The fourth-order valence-electron chi connectivity index (χ4n) is 2.40. The minimum absolute atomic E-state index is 0.0195. The van der Waals surface area contributed by atoms with Crippen molar-refractivity contribution in [3.63, 3.8) is 0 Å². The number of thiazole rings is 1. The largest absolute Gasteiger partial charge is 0.269 e. The van der Waals surface area contributed by atoms with Crippen LogP contribution in [0.5, 0.6) is 0 Å². The maximum absolute atomic E-state index is 12.1. The Hall–Kier alpha value is -1.59. The number of thioether (sulfide) groups is 1. The van der Waals surface area contributed by atoms with E-state index in [1.54, 1.807) is 22.2 Å². The minimum atomic E-state index is 0.0195. The van der Waals surface area contributed by atoms with Gasteiger partial charge in [0.2, 0.25) is 0 Å². The first-order valence-corrected chi connectivity index (χ1v) is 9.18. The standard InChI is InChI=1S/C17H18N2OS2/c1-11-4-5-12(2)14(6-11)9-21-10-15-7-16(20)19-13(3)8-22-17(19)18-15/h4-8H,9-10H2,1-3H3. The van der Waals surface area contributed by atoms with Gasteiger partial charge in [-0.3, -0.25) is 9.20 Å². The maximum Gasteiger partial charge on any atom is 0.258 e. The highest BCUT2D eigenvalue weighted by atomic mass is 32.2. The monoisotopic (exact) mass is 330 g/mol. The zero-order chi connectivity index (χ0) is 15.7. The third-order valence-electron chi connectivity index (χ3n) is 3.64. The predicted octanol–water partition coefficient (Wildman–Crippen LogP) is 4.11. The van der Waals surface area contributed by atoms with Crippen molar-refractivity contribution in [3.8, 4) is 0 Å². The molecule has 0 amide bonds. The van der Waals surface area contributed by atoms with E-state index in [2.05, 4.69) is 37.0 Å². The van der Waals surface area contributed by atoms with E-state index in [-0.39, 0.29) is 5.56 Å². The molecular formula is C17H18N2OS2. The van der Waals surface area contributed by atoms with E-state index in [9.17, 15) is 4.79 Å². The average molecular weight is 330 g/mol. The molecule has 0 saturated carbocycles. The van der Waals surface area contributed by atoms with Gasteiger partial charge in [0, 0.05) is 28.6 Å². The molecule has 5 heteroatoms. The molecule has 3 aromatic rings. The minimum Gasteiger partial charge on any atom is -0.269 e. The Morgan fingerprint density at radius 1 is 1.18 bits per heavy atom. The van der Waals surface area contributed by atoms with Gasteiger partial charge in [0.25, 0.3) is 5.56 Å². The molecule has 0 atom stereocenters. The molecule has 0 aliphatic carbocycles. The van der Waals surface area contributed by atoms with Crippen LogP contribution in [0.2, 0.25) is 0 Å². The molecule has 0 radical (unpaired) electrons. The Morgan fingerprint density at radius 3 is 2.82 bits per heavy atom. The highest BCUT2D eigenvalue weighted by Gasteiger charge is 2.07. The van der Waals surface area contributed by atoms with Crippen molar-refractivity contribution in [2.45, 2.75) is 32.3 Å². The van der Waals surface area contributed by atoms with Crippen LogP contribution in [-0.4, -0.2) is 9.38 Å². The van der Waals surface area contributed by atoms with E-state index in [1.807, 2.05) is 12.3 Å². The zero-order valence-corrected chi connectivity index (χ0v) is 14.6. The smallest absolute Gasteiger partial charge is 0.258 e. The molecular weight excluding hydrogens is 312 g/mol. The van der Waals surface area contributed by atoms with Crippen molar-refractivity contribution in [3.05, 3.63) is 68.1 Å². The normalized spacial score (nSPS) is 11.2. The lowest BCUT2D eigenvalue weighted by molar-refractivity contribution is 0.997. The first-order valence-electron chi connectivity index (χ1n) is 7.15. The van der Waals surface area contributed by atoms with Crippen molar-refractivity contribution < 1.29 is 0 Å². The predicted molar refractivity (Wildman–Crippen MR) is 95.0 cm³/mol. The number of aromatic nitrogens is 2. The molecule has 0 aliphatic heterocycles. The molecule has 0 fully saturated rings. The summed E-state index contributed by atoms with van der Waals surface area (Å²) < 4.78 is 1.67. The van der Waals surface area contributed by atoms with Crippen molar-refractivity contribution in [1.29, 1.82) is 0 Å². The summed E-state index contributed by atoms with van der Waals surface area (Å²) in [6.45, 7) is 6.19. The van der Waals surface area contributed by atoms with E-state index in [4.69, 9.17) is 0 Å². The highest BCUT2D eigenvalue weighted by Crippen LogP contribution is 2.21. The highest BCUT2D eigenvalue weighted by molar-refractivity contribution is 7.97. The Morgan fingerprint density at radius 2 is 2.00 bits per heavy atom. The van der Waals surface area contributed by atoms with Gasteiger partial charge in [-0.15, -0.1) is 11.3 Å². The number of aryl methyl sites for hydroxylation is 3. The molecule has 0 N–H and O–H groups in total. The van der Waals surface area contributed by atoms with E-state index in [0.29, 0.717) is 0 Å². The van der Waals surface area contributed by atoms with Crippen molar-refractivity contribution in [1.82, 2.24) is 9.38 Å². The summed E-state index contributed by atoms with van der Waals surface area (Å²) in [5.41, 5.74) is 5.79. The molecule has 2 aromatic heterocycles. The lowest BCUT2D eigenvalue weighted by Gasteiger charge is -2.07. The third-order valence-corrected chi connectivity index (χ3v) is 5.60. The molecule has 0 spiro atoms. The van der Waals surface area contributed by atoms with Crippen molar-refractivity contribution in [2.75, 3.05) is 0 Å². The fourth-order valence-corrected chi connectivity index (χ4v) is 4.28. The number of fused-ring (bicyclic) bond motifs is 1. The summed E-state index contributed by atoms with van der Waals surface area (Å²) in [6, 6.07) is 8.19. The molecule has 0 saturated heterocycles. The zero-order valence-electron chi connectivity index (χ0n) is 12.9. The van der Waals surface area contributed by atoms with Crippen LogP contribution in [0.15, 0.2) is 34.4 Å². The molecule has 2 heterocycles. The molecule has 114 valence electrons. The summed E-state index contributed by atoms with van der Waals surface area (Å²) >= 11 is 3.32. The summed E-state index contributed by atoms with van der Waals surface area (Å²) in [5, 5.41) is 1.97. The first kappa shape index (κ1) is 15.3. The van der Waals surface area contributed by atoms with Gasteiger partial charge in [-0.05, 0) is 31.9 Å². The van der Waals surface area contributed by atoms with Gasteiger partial charge in [0.1, 0.15) is 0 Å². The number of benzene rings is 1. The van der Waals surface area contributed by atoms with Crippen LogP contribution in [0.3, 0.4) is 0 Å². The lowest BCUT2D eigenvalue weighted by Crippen LogP contribution is -2.14. The van der Waals surface area contributed by atoms with Crippen molar-refractivity contribution >= 4 is 28.1 Å². The molecule has 3 rings (SSSR count). The second-order valence-corrected chi connectivity index (χ2v) is 7.33. The van der Waals surface area contributed by atoms with Crippen LogP contribution in [0.25, 0.3) is 4.96 Å². The van der Waals surface area contributed by atoms with Gasteiger partial charge >= 0.3 is 0 Å². The van der Waals surface area contributed by atoms with E-state index >= 15 is 0 Å². The summed E-state index contributed by atoms with van der Waals surface area (Å²) in [5.74, 6) is 1.70. The van der Waals surface area contributed by atoms with Crippen LogP contribution >= 0.6 is 23.1 Å². The maximum atomic E-state index is 12.1. The van der Waals surface area contributed by atoms with Gasteiger partial charge in [-0.1, -0.05) is 23.8 Å². The second-order valence-electron chi connectivity index (χ2n) is 5.50. The second kappa shape index (κ2) is 6.26. The summed E-state index contributed by atoms with van der Waals surface area (Å²) in [4.78, 5) is 17.5. The number of hydrogen-bond acceptors (Lipinski definition) is 4. The van der Waals surface area contributed by atoms with Crippen LogP contribution < -0.4 is 5.56 Å². The molecule has 0 aliphatic rings. The summed E-state index contributed by atoms with van der Waals surface area (Å²) in [7, 11) is 0. The molecule has 3 nitrogen and oxygen atoms in total. The van der Waals surface area contributed by atoms with Gasteiger partial charge in [0.05, 0.1) is 5.69 Å². The van der Waals surface area contributed by atoms with E-state index in [1.165, 1.54) is 28.0 Å². The third kappa shape index (κ3) is 3.10. The molecule has 1 aromatic carbocycles. The first-order chi connectivity index (χ1) is 10.5. The van der Waals surface area contributed by atoms with Crippen LogP contribution in [-0.2, 0) is 11.5 Å². The number of nitrogens with zero attached hydrogens (tertiary/aromatic N) is 2. The van der Waals surface area contributed by atoms with Crippen LogP contribution in [0.1, 0.15) is 28.1 Å². The Balaban J connectivity index is 1.74. The number of rotatable bonds is 4. The van der Waals surface area contributed by atoms with E-state index in [0.717, 1.165) is 27.9 Å².